The standard InChI is InChI=1S/C19H15BrFN5O2/c1-9-15(16(24-19(28)22-9)10-2-4-11(21)5-3-10)18(27)23-12-6-7-14-13(8-12)17(20)26-25-14/h2-8,15-16H,1H3,(H,23,27)(H,24,28)(H,25,26). The van der Waals surface area contributed by atoms with Crippen molar-refractivity contribution in [3.63, 3.8) is 0 Å². The summed E-state index contributed by atoms with van der Waals surface area (Å²) in [7, 11) is 0. The average Bonchev–Trinajstić information content (AvgIpc) is 3.02. The molecule has 0 spiro atoms. The first-order valence-corrected chi connectivity index (χ1v) is 9.27. The van der Waals surface area contributed by atoms with Crippen LogP contribution in [0.15, 0.2) is 52.1 Å². The summed E-state index contributed by atoms with van der Waals surface area (Å²) in [6, 6.07) is 9.84. The number of amides is 3. The lowest BCUT2D eigenvalue weighted by Crippen LogP contribution is -2.45. The fourth-order valence-electron chi connectivity index (χ4n) is 3.28. The van der Waals surface area contributed by atoms with E-state index in [0.29, 0.717) is 21.6 Å². The Labute approximate surface area is 167 Å². The van der Waals surface area contributed by atoms with Crippen LogP contribution >= 0.6 is 15.9 Å². The van der Waals surface area contributed by atoms with Crippen LogP contribution in [0.1, 0.15) is 18.5 Å². The molecule has 0 saturated heterocycles. The minimum Gasteiger partial charge on any atom is -0.328 e. The third-order valence-electron chi connectivity index (χ3n) is 4.63. The Balaban J connectivity index is 1.65. The molecule has 3 aromatic rings. The van der Waals surface area contributed by atoms with Crippen LogP contribution < -0.4 is 10.6 Å². The summed E-state index contributed by atoms with van der Waals surface area (Å²) in [4.78, 5) is 28.8. The van der Waals surface area contributed by atoms with Crippen molar-refractivity contribution in [2.45, 2.75) is 13.0 Å². The first-order chi connectivity index (χ1) is 13.4. The van der Waals surface area contributed by atoms with Gasteiger partial charge in [-0.1, -0.05) is 12.1 Å². The minimum absolute atomic E-state index is 0.324. The summed E-state index contributed by atoms with van der Waals surface area (Å²) in [5.41, 5.74) is 2.36. The number of hydrogen-bond acceptors (Lipinski definition) is 3. The summed E-state index contributed by atoms with van der Waals surface area (Å²) in [6.45, 7) is 1.63. The monoisotopic (exact) mass is 443 g/mol. The molecule has 4 rings (SSSR count). The van der Waals surface area contributed by atoms with Gasteiger partial charge >= 0.3 is 6.03 Å². The van der Waals surface area contributed by atoms with Crippen molar-refractivity contribution in [1.29, 1.82) is 0 Å². The summed E-state index contributed by atoms with van der Waals surface area (Å²) in [6.07, 6.45) is 0. The molecule has 3 amide bonds. The third-order valence-corrected chi connectivity index (χ3v) is 5.23. The van der Waals surface area contributed by atoms with E-state index in [2.05, 4.69) is 41.8 Å². The Kier molecular flexibility index (Phi) is 4.68. The molecule has 1 aliphatic heterocycles. The van der Waals surface area contributed by atoms with E-state index in [1.165, 1.54) is 12.1 Å². The van der Waals surface area contributed by atoms with Crippen molar-refractivity contribution < 1.29 is 14.0 Å². The maximum absolute atomic E-state index is 13.3. The minimum atomic E-state index is -0.730. The van der Waals surface area contributed by atoms with Crippen LogP contribution in [0.2, 0.25) is 0 Å². The van der Waals surface area contributed by atoms with Crippen LogP contribution in [0, 0.1) is 11.7 Å². The largest absolute Gasteiger partial charge is 0.341 e. The topological polar surface area (TPSA) is 99.2 Å². The first-order valence-electron chi connectivity index (χ1n) is 8.48. The van der Waals surface area contributed by atoms with Gasteiger partial charge in [-0.05, 0) is 58.7 Å². The second-order valence-corrected chi connectivity index (χ2v) is 7.26. The van der Waals surface area contributed by atoms with Crippen LogP contribution in [-0.4, -0.2) is 27.8 Å². The number of aromatic nitrogens is 2. The van der Waals surface area contributed by atoms with Crippen LogP contribution in [0.5, 0.6) is 0 Å². The molecule has 0 radical (unpaired) electrons. The lowest BCUT2D eigenvalue weighted by molar-refractivity contribution is -0.118. The molecule has 2 atom stereocenters. The smallest absolute Gasteiger partial charge is 0.328 e. The van der Waals surface area contributed by atoms with Gasteiger partial charge in [0, 0.05) is 16.8 Å². The SMILES string of the molecule is CC1=NC(=O)NC(c2ccc(F)cc2)C1C(=O)Nc1ccc2n[nH]c(Br)c2c1. The number of benzene rings is 2. The summed E-state index contributed by atoms with van der Waals surface area (Å²) < 4.78 is 14.0. The van der Waals surface area contributed by atoms with E-state index >= 15 is 0 Å². The van der Waals surface area contributed by atoms with Crippen LogP contribution in [0.25, 0.3) is 10.9 Å². The van der Waals surface area contributed by atoms with Crippen LogP contribution in [0.4, 0.5) is 14.9 Å². The van der Waals surface area contributed by atoms with E-state index in [4.69, 9.17) is 0 Å². The van der Waals surface area contributed by atoms with Crippen molar-refractivity contribution in [2.75, 3.05) is 5.32 Å². The Morgan fingerprint density at radius 2 is 1.96 bits per heavy atom. The molecule has 142 valence electrons. The molecule has 2 aromatic carbocycles. The Morgan fingerprint density at radius 3 is 2.71 bits per heavy atom. The maximum atomic E-state index is 13.3. The molecule has 0 aliphatic carbocycles. The first kappa shape index (κ1) is 18.3. The Hall–Kier alpha value is -3.07. The van der Waals surface area contributed by atoms with Crippen molar-refractivity contribution in [2.24, 2.45) is 10.9 Å². The fraction of sp³-hybridized carbons (Fsp3) is 0.158. The molecule has 2 unspecified atom stereocenters. The molecular weight excluding hydrogens is 429 g/mol. The van der Waals surface area contributed by atoms with Gasteiger partial charge in [-0.25, -0.2) is 14.2 Å². The average molecular weight is 444 g/mol. The van der Waals surface area contributed by atoms with Gasteiger partial charge in [0.15, 0.2) is 0 Å². The number of aromatic amines is 1. The maximum Gasteiger partial charge on any atom is 0.341 e. The highest BCUT2D eigenvalue weighted by atomic mass is 79.9. The second kappa shape index (κ2) is 7.16. The van der Waals surface area contributed by atoms with Crippen LogP contribution in [0.3, 0.4) is 0 Å². The third kappa shape index (κ3) is 3.40. The number of nitrogens with one attached hydrogen (secondary N) is 3. The summed E-state index contributed by atoms with van der Waals surface area (Å²) >= 11 is 3.38. The summed E-state index contributed by atoms with van der Waals surface area (Å²) in [5.74, 6) is -1.45. The molecule has 28 heavy (non-hydrogen) atoms. The predicted molar refractivity (Wildman–Crippen MR) is 107 cm³/mol. The van der Waals surface area contributed by atoms with E-state index in [0.717, 1.165) is 10.9 Å². The number of anilines is 1. The highest BCUT2D eigenvalue weighted by molar-refractivity contribution is 9.10. The van der Waals surface area contributed by atoms with Crippen LogP contribution in [-0.2, 0) is 4.79 Å². The number of carbonyl (C=O) groups excluding carboxylic acids is 2. The molecule has 0 fully saturated rings. The van der Waals surface area contributed by atoms with Crippen molar-refractivity contribution in [3.8, 4) is 0 Å². The van der Waals surface area contributed by atoms with Gasteiger partial charge in [0.2, 0.25) is 5.91 Å². The number of carbonyl (C=O) groups is 2. The van der Waals surface area contributed by atoms with E-state index in [1.54, 1.807) is 37.3 Å². The molecule has 0 bridgehead atoms. The fourth-order valence-corrected chi connectivity index (χ4v) is 3.69. The molecule has 9 heteroatoms. The van der Waals surface area contributed by atoms with E-state index < -0.39 is 23.8 Å². The van der Waals surface area contributed by atoms with Gasteiger partial charge in [-0.2, -0.15) is 5.10 Å². The van der Waals surface area contributed by atoms with Gasteiger partial charge < -0.3 is 10.6 Å². The molecule has 3 N–H and O–H groups in total. The zero-order valence-corrected chi connectivity index (χ0v) is 16.2. The van der Waals surface area contributed by atoms with Crippen molar-refractivity contribution in [3.05, 3.63) is 58.4 Å². The van der Waals surface area contributed by atoms with E-state index in [1.807, 2.05) is 0 Å². The van der Waals surface area contributed by atoms with E-state index in [9.17, 15) is 14.0 Å². The van der Waals surface area contributed by atoms with Gasteiger partial charge in [-0.15, -0.1) is 0 Å². The number of aliphatic imine (C=N–C) groups is 1. The van der Waals surface area contributed by atoms with Gasteiger partial charge in [0.05, 0.1) is 11.6 Å². The predicted octanol–water partition coefficient (Wildman–Crippen LogP) is 3.94. The van der Waals surface area contributed by atoms with Gasteiger partial charge in [0.25, 0.3) is 0 Å². The molecule has 1 aliphatic rings. The number of nitrogens with zero attached hydrogens (tertiary/aromatic N) is 2. The number of fused-ring (bicyclic) bond motifs is 1. The van der Waals surface area contributed by atoms with E-state index in [-0.39, 0.29) is 5.91 Å². The number of halogens is 2. The highest BCUT2D eigenvalue weighted by Crippen LogP contribution is 2.29. The number of rotatable bonds is 3. The lowest BCUT2D eigenvalue weighted by atomic mass is 9.87. The quantitative estimate of drug-likeness (QED) is 0.571. The zero-order valence-electron chi connectivity index (χ0n) is 14.7. The zero-order chi connectivity index (χ0) is 19.8. The lowest BCUT2D eigenvalue weighted by Gasteiger charge is -2.30. The summed E-state index contributed by atoms with van der Waals surface area (Å²) in [5, 5.41) is 13.3. The molecular formula is C19H15BrFN5O2. The number of urea groups is 1. The number of H-pyrrole nitrogens is 1. The second-order valence-electron chi connectivity index (χ2n) is 6.47. The molecule has 7 nitrogen and oxygen atoms in total. The molecule has 1 aromatic heterocycles. The Morgan fingerprint density at radius 1 is 1.21 bits per heavy atom. The molecule has 0 saturated carbocycles. The highest BCUT2D eigenvalue weighted by Gasteiger charge is 2.36. The van der Waals surface area contributed by atoms with Gasteiger partial charge in [-0.3, -0.25) is 9.89 Å². The van der Waals surface area contributed by atoms with Gasteiger partial charge in [0.1, 0.15) is 16.3 Å². The Bertz CT molecular complexity index is 1110. The normalized spacial score (nSPS) is 19.2. The van der Waals surface area contributed by atoms with Crippen molar-refractivity contribution in [1.82, 2.24) is 15.5 Å². The molecule has 2 heterocycles. The number of hydrogen-bond donors (Lipinski definition) is 3. The van der Waals surface area contributed by atoms with Crippen molar-refractivity contribution >= 4 is 50.2 Å².